The third kappa shape index (κ3) is 3.41. The lowest BCUT2D eigenvalue weighted by Crippen LogP contribution is -2.25. The van der Waals surface area contributed by atoms with Gasteiger partial charge < -0.3 is 5.32 Å². The summed E-state index contributed by atoms with van der Waals surface area (Å²) < 4.78 is 0. The van der Waals surface area contributed by atoms with Gasteiger partial charge in [-0.25, -0.2) is 0 Å². The number of tetrazole rings is 1. The number of nitrogens with one attached hydrogen (secondary N) is 2. The summed E-state index contributed by atoms with van der Waals surface area (Å²) in [4.78, 5) is 11.6. The number of aromatic nitrogens is 4. The van der Waals surface area contributed by atoms with E-state index in [0.29, 0.717) is 15.9 Å². The lowest BCUT2D eigenvalue weighted by Gasteiger charge is -2.04. The van der Waals surface area contributed by atoms with Gasteiger partial charge in [-0.15, -0.1) is 10.2 Å². The van der Waals surface area contributed by atoms with E-state index >= 15 is 0 Å². The molecule has 0 radical (unpaired) electrons. The van der Waals surface area contributed by atoms with Gasteiger partial charge in [-0.05, 0) is 17.7 Å². The van der Waals surface area contributed by atoms with Crippen LogP contribution in [0.1, 0.15) is 11.4 Å². The molecule has 1 aromatic heterocycles. The van der Waals surface area contributed by atoms with Crippen LogP contribution in [0, 0.1) is 0 Å². The van der Waals surface area contributed by atoms with E-state index < -0.39 is 0 Å². The molecule has 0 aliphatic rings. The van der Waals surface area contributed by atoms with E-state index in [1.54, 1.807) is 18.2 Å². The molecule has 0 atom stereocenters. The first kappa shape index (κ1) is 12.8. The summed E-state index contributed by atoms with van der Waals surface area (Å²) in [6.45, 7) is 0.233. The molecule has 8 heteroatoms. The van der Waals surface area contributed by atoms with Crippen molar-refractivity contribution in [2.75, 3.05) is 0 Å². The molecule has 2 aromatic rings. The lowest BCUT2D eigenvalue weighted by atomic mass is 10.1. The molecule has 1 aromatic carbocycles. The Morgan fingerprint density at radius 3 is 2.83 bits per heavy atom. The fourth-order valence-corrected chi connectivity index (χ4v) is 1.65. The number of hydrogen-bond acceptors (Lipinski definition) is 4. The van der Waals surface area contributed by atoms with Crippen LogP contribution in [0.4, 0.5) is 0 Å². The van der Waals surface area contributed by atoms with Crippen molar-refractivity contribution in [1.29, 1.82) is 0 Å². The fraction of sp³-hybridized carbons (Fsp3) is 0.200. The molecule has 6 nitrogen and oxygen atoms in total. The Balaban J connectivity index is 1.88. The van der Waals surface area contributed by atoms with Gasteiger partial charge in [-0.3, -0.25) is 4.79 Å². The van der Waals surface area contributed by atoms with Gasteiger partial charge in [0.05, 0.1) is 23.0 Å². The zero-order valence-corrected chi connectivity index (χ0v) is 10.7. The maximum atomic E-state index is 11.6. The van der Waals surface area contributed by atoms with Gasteiger partial charge in [0.2, 0.25) is 5.91 Å². The highest BCUT2D eigenvalue weighted by atomic mass is 35.5. The Labute approximate surface area is 113 Å². The SMILES string of the molecule is O=C(Cc1ccc(Cl)c(Cl)c1)NCc1nn[nH]n1. The number of carbonyl (C=O) groups excluding carboxylic acids is 1. The van der Waals surface area contributed by atoms with E-state index in [4.69, 9.17) is 23.2 Å². The van der Waals surface area contributed by atoms with Gasteiger partial charge in [0.25, 0.3) is 0 Å². The van der Waals surface area contributed by atoms with E-state index in [0.717, 1.165) is 5.56 Å². The van der Waals surface area contributed by atoms with Crippen LogP contribution >= 0.6 is 23.2 Å². The Morgan fingerprint density at radius 2 is 2.17 bits per heavy atom. The molecule has 0 fully saturated rings. The third-order valence-corrected chi connectivity index (χ3v) is 2.92. The van der Waals surface area contributed by atoms with Crippen LogP contribution < -0.4 is 5.32 Å². The number of H-pyrrole nitrogens is 1. The Hall–Kier alpha value is -1.66. The number of nitrogens with zero attached hydrogens (tertiary/aromatic N) is 3. The Bertz CT molecular complexity index is 543. The van der Waals surface area contributed by atoms with Crippen molar-refractivity contribution in [3.63, 3.8) is 0 Å². The zero-order chi connectivity index (χ0) is 13.0. The average Bonchev–Trinajstić information content (AvgIpc) is 2.84. The second kappa shape index (κ2) is 5.79. The maximum Gasteiger partial charge on any atom is 0.224 e. The van der Waals surface area contributed by atoms with Crippen LogP contribution in [0.25, 0.3) is 0 Å². The molecule has 1 heterocycles. The predicted molar refractivity (Wildman–Crippen MR) is 66.2 cm³/mol. The summed E-state index contributed by atoms with van der Waals surface area (Å²) in [5.74, 6) is 0.274. The van der Waals surface area contributed by atoms with E-state index in [-0.39, 0.29) is 18.9 Å². The lowest BCUT2D eigenvalue weighted by molar-refractivity contribution is -0.120. The molecule has 2 rings (SSSR count). The largest absolute Gasteiger partial charge is 0.348 e. The van der Waals surface area contributed by atoms with Crippen LogP contribution in [-0.2, 0) is 17.8 Å². The van der Waals surface area contributed by atoms with E-state index in [1.807, 2.05) is 0 Å². The number of hydrogen-bond donors (Lipinski definition) is 2. The number of carbonyl (C=O) groups is 1. The second-order valence-electron chi connectivity index (χ2n) is 3.53. The van der Waals surface area contributed by atoms with Gasteiger partial charge in [-0.2, -0.15) is 5.21 Å². The van der Waals surface area contributed by atoms with Crippen LogP contribution in [-0.4, -0.2) is 26.5 Å². The Kier molecular flexibility index (Phi) is 4.11. The standard InChI is InChI=1S/C10H9Cl2N5O/c11-7-2-1-6(3-8(7)12)4-10(18)13-5-9-14-16-17-15-9/h1-3H,4-5H2,(H,13,18)(H,14,15,16,17). The first-order chi connectivity index (χ1) is 8.65. The molecular weight excluding hydrogens is 277 g/mol. The molecule has 1 amide bonds. The smallest absolute Gasteiger partial charge is 0.224 e. The van der Waals surface area contributed by atoms with E-state index in [1.165, 1.54) is 0 Å². The van der Waals surface area contributed by atoms with E-state index in [9.17, 15) is 4.79 Å². The predicted octanol–water partition coefficient (Wildman–Crippen LogP) is 1.37. The van der Waals surface area contributed by atoms with Gasteiger partial charge in [0.15, 0.2) is 5.82 Å². The summed E-state index contributed by atoms with van der Waals surface area (Å²) in [6, 6.07) is 5.08. The molecule has 2 N–H and O–H groups in total. The van der Waals surface area contributed by atoms with Crippen molar-refractivity contribution in [3.05, 3.63) is 39.6 Å². The highest BCUT2D eigenvalue weighted by molar-refractivity contribution is 6.42. The van der Waals surface area contributed by atoms with Crippen molar-refractivity contribution in [2.45, 2.75) is 13.0 Å². The van der Waals surface area contributed by atoms with Crippen molar-refractivity contribution in [1.82, 2.24) is 25.9 Å². The highest BCUT2D eigenvalue weighted by Gasteiger charge is 2.06. The summed E-state index contributed by atoms with van der Waals surface area (Å²) in [5, 5.41) is 16.7. The van der Waals surface area contributed by atoms with Gasteiger partial charge in [0, 0.05) is 0 Å². The minimum absolute atomic E-state index is 0.154. The first-order valence-corrected chi connectivity index (χ1v) is 5.83. The molecule has 0 saturated heterocycles. The molecule has 0 spiro atoms. The third-order valence-electron chi connectivity index (χ3n) is 2.18. The number of rotatable bonds is 4. The second-order valence-corrected chi connectivity index (χ2v) is 4.34. The van der Waals surface area contributed by atoms with Crippen molar-refractivity contribution >= 4 is 29.1 Å². The summed E-state index contributed by atoms with van der Waals surface area (Å²) >= 11 is 11.6. The van der Waals surface area contributed by atoms with Crippen LogP contribution in [0.5, 0.6) is 0 Å². The molecule has 0 aliphatic carbocycles. The molecular formula is C10H9Cl2N5O. The van der Waals surface area contributed by atoms with Crippen molar-refractivity contribution in [2.24, 2.45) is 0 Å². The molecule has 0 aliphatic heterocycles. The number of benzene rings is 1. The fourth-order valence-electron chi connectivity index (χ4n) is 1.33. The van der Waals surface area contributed by atoms with Crippen LogP contribution in [0.2, 0.25) is 10.0 Å². The number of aromatic amines is 1. The van der Waals surface area contributed by atoms with Crippen molar-refractivity contribution in [3.8, 4) is 0 Å². The quantitative estimate of drug-likeness (QED) is 0.889. The molecule has 0 unspecified atom stereocenters. The molecule has 18 heavy (non-hydrogen) atoms. The molecule has 0 bridgehead atoms. The highest BCUT2D eigenvalue weighted by Crippen LogP contribution is 2.22. The normalized spacial score (nSPS) is 10.3. The minimum atomic E-state index is -0.154. The van der Waals surface area contributed by atoms with Gasteiger partial charge in [0.1, 0.15) is 0 Å². The minimum Gasteiger partial charge on any atom is -0.348 e. The number of halogens is 2. The topological polar surface area (TPSA) is 83.6 Å². The van der Waals surface area contributed by atoms with Crippen molar-refractivity contribution < 1.29 is 4.79 Å². The average molecular weight is 286 g/mol. The van der Waals surface area contributed by atoms with Gasteiger partial charge >= 0.3 is 0 Å². The molecule has 0 saturated carbocycles. The molecule has 94 valence electrons. The van der Waals surface area contributed by atoms with Crippen LogP contribution in [0.3, 0.4) is 0 Å². The zero-order valence-electron chi connectivity index (χ0n) is 9.15. The van der Waals surface area contributed by atoms with Crippen LogP contribution in [0.15, 0.2) is 18.2 Å². The van der Waals surface area contributed by atoms with E-state index in [2.05, 4.69) is 25.9 Å². The summed E-state index contributed by atoms with van der Waals surface area (Å²) in [6.07, 6.45) is 0.217. The monoisotopic (exact) mass is 285 g/mol. The maximum absolute atomic E-state index is 11.6. The van der Waals surface area contributed by atoms with Gasteiger partial charge in [-0.1, -0.05) is 34.5 Å². The summed E-state index contributed by atoms with van der Waals surface area (Å²) in [5.41, 5.74) is 0.787. The summed E-state index contributed by atoms with van der Waals surface area (Å²) in [7, 11) is 0. The Morgan fingerprint density at radius 1 is 1.33 bits per heavy atom. The number of amides is 1. The first-order valence-electron chi connectivity index (χ1n) is 5.08.